The molecule has 0 aliphatic carbocycles. The quantitative estimate of drug-likeness (QED) is 0.214. The number of aldehydes is 1. The Labute approximate surface area is 194 Å². The van der Waals surface area contributed by atoms with Crippen LogP contribution in [0.4, 0.5) is 0 Å². The van der Waals surface area contributed by atoms with Crippen molar-refractivity contribution in [2.24, 2.45) is 0 Å². The Morgan fingerprint density at radius 2 is 1.50 bits per heavy atom. The SMILES string of the molecule is CCC(CO[N+](=O)[O-])N(C)C(=O)c1cc(C(=O)N(C=O)C(CC)CO[N+](=O)[O-])c(C)cc1C=O. The number of carbonyl (C=O) groups is 4. The molecule has 0 N–H and O–H groups in total. The lowest BCUT2D eigenvalue weighted by Gasteiger charge is -2.28. The standard InChI is InChI=1S/C20H26N4O10/c1-5-15(10-33-23(29)30)21(4)19(27)18-8-17(13(3)7-14(18)9-25)20(28)22(12-26)16(6-2)11-34-24(31)32/h7-9,12,15-16H,5-6,10-11H2,1-4H3. The van der Waals surface area contributed by atoms with Gasteiger partial charge in [0.15, 0.2) is 6.29 Å². The molecule has 34 heavy (non-hydrogen) atoms. The average Bonchev–Trinajstić information content (AvgIpc) is 2.80. The molecule has 2 unspecified atom stereocenters. The van der Waals surface area contributed by atoms with Crippen LogP contribution in [0, 0.1) is 27.2 Å². The fourth-order valence-corrected chi connectivity index (χ4v) is 3.23. The van der Waals surface area contributed by atoms with Crippen LogP contribution in [-0.4, -0.2) is 76.8 Å². The molecule has 1 aromatic rings. The van der Waals surface area contributed by atoms with Gasteiger partial charge in [-0.25, -0.2) is 0 Å². The van der Waals surface area contributed by atoms with E-state index in [1.807, 2.05) is 0 Å². The molecule has 0 radical (unpaired) electrons. The van der Waals surface area contributed by atoms with Gasteiger partial charge in [-0.15, -0.1) is 20.2 Å². The van der Waals surface area contributed by atoms with Crippen LogP contribution in [0.5, 0.6) is 0 Å². The number of benzene rings is 1. The van der Waals surface area contributed by atoms with Crippen molar-refractivity contribution in [3.8, 4) is 0 Å². The zero-order valence-corrected chi connectivity index (χ0v) is 19.2. The second kappa shape index (κ2) is 12.8. The second-order valence-corrected chi connectivity index (χ2v) is 7.27. The molecule has 14 nitrogen and oxygen atoms in total. The Kier molecular flexibility index (Phi) is 10.5. The zero-order valence-electron chi connectivity index (χ0n) is 19.2. The van der Waals surface area contributed by atoms with E-state index in [9.17, 15) is 39.4 Å². The number of carbonyl (C=O) groups excluding carboxylic acids is 4. The number of aryl methyl sites for hydroxylation is 1. The van der Waals surface area contributed by atoms with Crippen molar-refractivity contribution in [3.63, 3.8) is 0 Å². The number of likely N-dealkylation sites (N-methyl/N-ethyl adjacent to an activating group) is 1. The van der Waals surface area contributed by atoms with Crippen LogP contribution in [0.15, 0.2) is 12.1 Å². The smallest absolute Gasteiger partial charge is 0.294 e. The first-order valence-electron chi connectivity index (χ1n) is 10.2. The Morgan fingerprint density at radius 1 is 0.971 bits per heavy atom. The van der Waals surface area contributed by atoms with Crippen molar-refractivity contribution in [2.45, 2.75) is 45.7 Å². The van der Waals surface area contributed by atoms with E-state index in [1.54, 1.807) is 13.8 Å². The summed E-state index contributed by atoms with van der Waals surface area (Å²) >= 11 is 0. The van der Waals surface area contributed by atoms with Gasteiger partial charge in [0.1, 0.15) is 13.2 Å². The molecule has 186 valence electrons. The summed E-state index contributed by atoms with van der Waals surface area (Å²) in [5, 5.41) is 19.0. The summed E-state index contributed by atoms with van der Waals surface area (Å²) in [6.07, 6.45) is 1.10. The van der Waals surface area contributed by atoms with E-state index in [-0.39, 0.29) is 35.1 Å². The number of rotatable bonds is 14. The maximum absolute atomic E-state index is 13.1. The van der Waals surface area contributed by atoms with Gasteiger partial charge in [-0.1, -0.05) is 13.8 Å². The van der Waals surface area contributed by atoms with Crippen molar-refractivity contribution >= 4 is 24.5 Å². The summed E-state index contributed by atoms with van der Waals surface area (Å²) in [6, 6.07) is 0.797. The van der Waals surface area contributed by atoms with Crippen LogP contribution in [0.1, 0.15) is 63.3 Å². The Balaban J connectivity index is 3.38. The van der Waals surface area contributed by atoms with E-state index in [1.165, 1.54) is 20.0 Å². The summed E-state index contributed by atoms with van der Waals surface area (Å²) in [6.45, 7) is 3.84. The van der Waals surface area contributed by atoms with Gasteiger partial charge >= 0.3 is 0 Å². The van der Waals surface area contributed by atoms with Gasteiger partial charge < -0.3 is 14.6 Å². The molecule has 3 amide bonds. The van der Waals surface area contributed by atoms with E-state index in [0.29, 0.717) is 12.7 Å². The van der Waals surface area contributed by atoms with Gasteiger partial charge in [0.25, 0.3) is 22.0 Å². The Hall–Kier alpha value is -4.10. The first-order chi connectivity index (χ1) is 16.0. The molecule has 2 atom stereocenters. The minimum atomic E-state index is -1.04. The molecule has 0 fully saturated rings. The molecular formula is C20H26N4O10. The fourth-order valence-electron chi connectivity index (χ4n) is 3.23. The van der Waals surface area contributed by atoms with Gasteiger partial charge in [-0.2, -0.15) is 0 Å². The highest BCUT2D eigenvalue weighted by Gasteiger charge is 2.29. The third kappa shape index (κ3) is 6.95. The maximum Gasteiger partial charge on any atom is 0.294 e. The van der Waals surface area contributed by atoms with E-state index in [0.717, 1.165) is 15.9 Å². The maximum atomic E-state index is 13.1. The molecule has 0 bridgehead atoms. The number of imide groups is 1. The highest BCUT2D eigenvalue weighted by Crippen LogP contribution is 2.21. The molecule has 14 heteroatoms. The first-order valence-corrected chi connectivity index (χ1v) is 10.2. The van der Waals surface area contributed by atoms with Gasteiger partial charge in [0.05, 0.1) is 17.6 Å². The molecule has 0 aliphatic rings. The van der Waals surface area contributed by atoms with Crippen LogP contribution in [0.2, 0.25) is 0 Å². The minimum absolute atomic E-state index is 0.0303. The molecule has 0 saturated carbocycles. The Bertz CT molecular complexity index is 952. The van der Waals surface area contributed by atoms with Gasteiger partial charge in [-0.3, -0.25) is 24.1 Å². The summed E-state index contributed by atoms with van der Waals surface area (Å²) in [5.74, 6) is -1.54. The fraction of sp³-hybridized carbons (Fsp3) is 0.500. The van der Waals surface area contributed by atoms with E-state index in [4.69, 9.17) is 0 Å². The molecule has 0 saturated heterocycles. The number of hydrogen-bond acceptors (Lipinski definition) is 10. The molecule has 0 aromatic heterocycles. The predicted octanol–water partition coefficient (Wildman–Crippen LogP) is 1.45. The van der Waals surface area contributed by atoms with Crippen LogP contribution in [0.3, 0.4) is 0 Å². The summed E-state index contributed by atoms with van der Waals surface area (Å²) in [5.41, 5.74) is 0.0132. The van der Waals surface area contributed by atoms with Gasteiger partial charge in [0.2, 0.25) is 6.41 Å². The highest BCUT2D eigenvalue weighted by molar-refractivity contribution is 6.07. The third-order valence-corrected chi connectivity index (χ3v) is 5.28. The molecular weight excluding hydrogens is 456 g/mol. The van der Waals surface area contributed by atoms with Gasteiger partial charge in [0, 0.05) is 18.2 Å². The topological polar surface area (TPSA) is 180 Å². The van der Waals surface area contributed by atoms with Crippen LogP contribution in [-0.2, 0) is 14.5 Å². The molecule has 1 aromatic carbocycles. The van der Waals surface area contributed by atoms with Crippen LogP contribution >= 0.6 is 0 Å². The van der Waals surface area contributed by atoms with E-state index in [2.05, 4.69) is 9.68 Å². The lowest BCUT2D eigenvalue weighted by atomic mass is 9.97. The van der Waals surface area contributed by atoms with Crippen LogP contribution < -0.4 is 0 Å². The average molecular weight is 482 g/mol. The summed E-state index contributed by atoms with van der Waals surface area (Å²) in [4.78, 5) is 81.1. The highest BCUT2D eigenvalue weighted by atomic mass is 17.0. The lowest BCUT2D eigenvalue weighted by molar-refractivity contribution is -0.758. The molecule has 0 heterocycles. The monoisotopic (exact) mass is 482 g/mol. The zero-order chi connectivity index (χ0) is 26.0. The summed E-state index contributed by atoms with van der Waals surface area (Å²) in [7, 11) is 1.37. The van der Waals surface area contributed by atoms with Crippen molar-refractivity contribution < 1.29 is 39.0 Å². The minimum Gasteiger partial charge on any atom is -0.337 e. The second-order valence-electron chi connectivity index (χ2n) is 7.27. The normalized spacial score (nSPS) is 12.1. The van der Waals surface area contributed by atoms with Crippen molar-refractivity contribution in [2.75, 3.05) is 20.3 Å². The predicted molar refractivity (Wildman–Crippen MR) is 115 cm³/mol. The molecule has 1 rings (SSSR count). The number of hydrogen-bond donors (Lipinski definition) is 0. The van der Waals surface area contributed by atoms with Gasteiger partial charge in [-0.05, 0) is 37.5 Å². The van der Waals surface area contributed by atoms with E-state index >= 15 is 0 Å². The van der Waals surface area contributed by atoms with Crippen molar-refractivity contribution in [1.29, 1.82) is 0 Å². The van der Waals surface area contributed by atoms with E-state index < -0.39 is 47.3 Å². The molecule has 0 spiro atoms. The number of amides is 3. The third-order valence-electron chi connectivity index (χ3n) is 5.28. The van der Waals surface area contributed by atoms with Crippen molar-refractivity contribution in [3.05, 3.63) is 54.6 Å². The summed E-state index contributed by atoms with van der Waals surface area (Å²) < 4.78 is 0. The first kappa shape index (κ1) is 27.9. The number of nitrogens with zero attached hydrogens (tertiary/aromatic N) is 4. The molecule has 0 aliphatic heterocycles. The lowest BCUT2D eigenvalue weighted by Crippen LogP contribution is -2.43. The largest absolute Gasteiger partial charge is 0.337 e. The van der Waals surface area contributed by atoms with Crippen molar-refractivity contribution in [1.82, 2.24) is 9.80 Å². The Morgan fingerprint density at radius 3 is 1.94 bits per heavy atom. The van der Waals surface area contributed by atoms with Crippen LogP contribution in [0.25, 0.3) is 0 Å².